The van der Waals surface area contributed by atoms with Gasteiger partial charge in [0.1, 0.15) is 0 Å². The molecule has 136 valence electrons. The fraction of sp³-hybridized carbons (Fsp3) is 0.238. The summed E-state index contributed by atoms with van der Waals surface area (Å²) in [6.07, 6.45) is 0.274. The van der Waals surface area contributed by atoms with Crippen LogP contribution in [0.25, 0.3) is 0 Å². The molecule has 2 aromatic rings. The third-order valence-corrected chi connectivity index (χ3v) is 6.43. The van der Waals surface area contributed by atoms with Crippen molar-refractivity contribution in [2.24, 2.45) is 0 Å². The first-order valence-electron chi connectivity index (χ1n) is 8.75. The fourth-order valence-electron chi connectivity index (χ4n) is 3.57. The third kappa shape index (κ3) is 3.61. The molecule has 4 rings (SSSR count). The summed E-state index contributed by atoms with van der Waals surface area (Å²) in [4.78, 5) is 16.8. The van der Waals surface area contributed by atoms with Gasteiger partial charge in [-0.05, 0) is 17.2 Å². The number of thioether (sulfide) groups is 1. The highest BCUT2D eigenvalue weighted by molar-refractivity contribution is 8.03. The van der Waals surface area contributed by atoms with E-state index < -0.39 is 0 Å². The van der Waals surface area contributed by atoms with Gasteiger partial charge in [-0.3, -0.25) is 14.6 Å². The molecule has 6 heteroatoms. The highest BCUT2D eigenvalue weighted by atomic mass is 35.5. The van der Waals surface area contributed by atoms with Gasteiger partial charge in [0.2, 0.25) is 5.91 Å². The van der Waals surface area contributed by atoms with E-state index in [0.717, 1.165) is 23.0 Å². The lowest BCUT2D eigenvalue weighted by Gasteiger charge is -2.41. The number of amides is 1. The Labute approximate surface area is 168 Å². The molecule has 27 heavy (non-hydrogen) atoms. The predicted octanol–water partition coefficient (Wildman–Crippen LogP) is 4.56. The van der Waals surface area contributed by atoms with Crippen LogP contribution in [0.1, 0.15) is 23.5 Å². The number of nitrogens with zero attached hydrogens (tertiary/aromatic N) is 3. The van der Waals surface area contributed by atoms with Crippen LogP contribution in [0, 0.1) is 11.3 Å². The van der Waals surface area contributed by atoms with Crippen LogP contribution in [0.15, 0.2) is 65.2 Å². The van der Waals surface area contributed by atoms with Gasteiger partial charge in [0, 0.05) is 23.9 Å². The number of hydrogen-bond donors (Lipinski definition) is 0. The van der Waals surface area contributed by atoms with Gasteiger partial charge < -0.3 is 0 Å². The summed E-state index contributed by atoms with van der Waals surface area (Å²) in [5, 5.41) is 11.2. The molecule has 0 saturated carbocycles. The van der Waals surface area contributed by atoms with Crippen molar-refractivity contribution >= 4 is 29.3 Å². The molecular weight excluding hydrogens is 378 g/mol. The second-order valence-electron chi connectivity index (χ2n) is 6.66. The summed E-state index contributed by atoms with van der Waals surface area (Å²) < 4.78 is 0. The standard InChI is InChI=1S/C21H18ClN3OS/c22-19-9-5-4-8-16(19)17-10-20(26)25-13-24(12-15-6-2-1-3-7-15)14-27-21(25)18(17)11-23/h1-9,17H,10,12-14H2/t17-/m0/s1. The minimum absolute atomic E-state index is 0.0409. The summed E-state index contributed by atoms with van der Waals surface area (Å²) in [7, 11) is 0. The third-order valence-electron chi connectivity index (χ3n) is 4.88. The van der Waals surface area contributed by atoms with Gasteiger partial charge in [-0.2, -0.15) is 5.26 Å². The summed E-state index contributed by atoms with van der Waals surface area (Å²) in [6.45, 7) is 1.29. The lowest BCUT2D eigenvalue weighted by molar-refractivity contribution is -0.131. The number of hydrogen-bond acceptors (Lipinski definition) is 4. The Morgan fingerprint density at radius 3 is 2.63 bits per heavy atom. The van der Waals surface area contributed by atoms with E-state index in [9.17, 15) is 10.1 Å². The number of fused-ring (bicyclic) bond motifs is 1. The average molecular weight is 396 g/mol. The van der Waals surface area contributed by atoms with Crippen LogP contribution < -0.4 is 0 Å². The quantitative estimate of drug-likeness (QED) is 0.764. The zero-order valence-corrected chi connectivity index (χ0v) is 16.2. The molecule has 0 aromatic heterocycles. The number of carbonyl (C=O) groups excluding carboxylic acids is 1. The number of nitriles is 1. The van der Waals surface area contributed by atoms with Crippen LogP contribution in [0.2, 0.25) is 5.02 Å². The van der Waals surface area contributed by atoms with E-state index in [0.29, 0.717) is 17.3 Å². The molecule has 0 aliphatic carbocycles. The highest BCUT2D eigenvalue weighted by Crippen LogP contribution is 2.44. The van der Waals surface area contributed by atoms with E-state index >= 15 is 0 Å². The number of rotatable bonds is 3. The number of benzene rings is 2. The van der Waals surface area contributed by atoms with Crippen LogP contribution >= 0.6 is 23.4 Å². The van der Waals surface area contributed by atoms with E-state index in [1.54, 1.807) is 16.7 Å². The summed E-state index contributed by atoms with van der Waals surface area (Å²) >= 11 is 7.90. The zero-order valence-electron chi connectivity index (χ0n) is 14.6. The van der Waals surface area contributed by atoms with E-state index in [1.165, 1.54) is 5.56 Å². The van der Waals surface area contributed by atoms with Crippen LogP contribution in [0.3, 0.4) is 0 Å². The largest absolute Gasteiger partial charge is 0.292 e. The van der Waals surface area contributed by atoms with Crippen molar-refractivity contribution in [1.82, 2.24) is 9.80 Å². The minimum Gasteiger partial charge on any atom is -0.292 e. The van der Waals surface area contributed by atoms with Gasteiger partial charge >= 0.3 is 0 Å². The molecule has 4 nitrogen and oxygen atoms in total. The summed E-state index contributed by atoms with van der Waals surface area (Å²) in [6, 6.07) is 20.0. The van der Waals surface area contributed by atoms with Crippen LogP contribution in [0.5, 0.6) is 0 Å². The molecule has 1 saturated heterocycles. The van der Waals surface area contributed by atoms with Crippen molar-refractivity contribution in [3.63, 3.8) is 0 Å². The Kier molecular flexibility index (Phi) is 5.22. The fourth-order valence-corrected chi connectivity index (χ4v) is 4.98. The maximum absolute atomic E-state index is 12.9. The van der Waals surface area contributed by atoms with E-state index in [-0.39, 0.29) is 18.2 Å². The number of carbonyl (C=O) groups is 1. The average Bonchev–Trinajstić information content (AvgIpc) is 2.69. The molecule has 2 aliphatic heterocycles. The van der Waals surface area contributed by atoms with Gasteiger partial charge in [0.25, 0.3) is 0 Å². The van der Waals surface area contributed by atoms with Gasteiger partial charge in [-0.1, -0.05) is 71.9 Å². The maximum Gasteiger partial charge on any atom is 0.229 e. The first kappa shape index (κ1) is 18.1. The number of allylic oxidation sites excluding steroid dienone is 1. The Bertz CT molecular complexity index is 938. The van der Waals surface area contributed by atoms with Crippen molar-refractivity contribution in [1.29, 1.82) is 5.26 Å². The Morgan fingerprint density at radius 1 is 1.15 bits per heavy atom. The molecule has 0 spiro atoms. The second-order valence-corrected chi connectivity index (χ2v) is 8.00. The van der Waals surface area contributed by atoms with Gasteiger partial charge in [0.05, 0.1) is 29.2 Å². The molecule has 2 aromatic carbocycles. The molecular formula is C21H18ClN3OS. The molecule has 0 unspecified atom stereocenters. The van der Waals surface area contributed by atoms with Crippen molar-refractivity contribution in [3.8, 4) is 6.07 Å². The molecule has 0 bridgehead atoms. The molecule has 2 heterocycles. The molecule has 0 radical (unpaired) electrons. The van der Waals surface area contributed by atoms with E-state index in [1.807, 2.05) is 42.5 Å². The zero-order chi connectivity index (χ0) is 18.8. The van der Waals surface area contributed by atoms with Crippen molar-refractivity contribution in [2.75, 3.05) is 12.5 Å². The van der Waals surface area contributed by atoms with Gasteiger partial charge in [-0.25, -0.2) is 0 Å². The minimum atomic E-state index is -0.268. The Morgan fingerprint density at radius 2 is 1.89 bits per heavy atom. The normalized spacial score (nSPS) is 20.4. The van der Waals surface area contributed by atoms with Crippen molar-refractivity contribution < 1.29 is 4.79 Å². The van der Waals surface area contributed by atoms with Crippen molar-refractivity contribution in [3.05, 3.63) is 81.3 Å². The van der Waals surface area contributed by atoms with Gasteiger partial charge in [0.15, 0.2) is 0 Å². The first-order valence-corrected chi connectivity index (χ1v) is 10.1. The number of halogens is 1. The lowest BCUT2D eigenvalue weighted by atomic mass is 9.86. The second kappa shape index (κ2) is 7.77. The molecule has 2 aliphatic rings. The molecule has 1 atom stereocenters. The Balaban J connectivity index is 1.61. The monoisotopic (exact) mass is 395 g/mol. The van der Waals surface area contributed by atoms with Crippen LogP contribution in [-0.2, 0) is 11.3 Å². The Hall–Kier alpha value is -2.26. The maximum atomic E-state index is 12.9. The SMILES string of the molecule is N#CC1=C2SCN(Cc3ccccc3)CN2C(=O)C[C@H]1c1ccccc1Cl. The topological polar surface area (TPSA) is 47.3 Å². The molecule has 1 amide bonds. The summed E-state index contributed by atoms with van der Waals surface area (Å²) in [5.74, 6) is 0.517. The van der Waals surface area contributed by atoms with E-state index in [2.05, 4.69) is 23.1 Å². The van der Waals surface area contributed by atoms with Crippen LogP contribution in [0.4, 0.5) is 0 Å². The van der Waals surface area contributed by atoms with Gasteiger partial charge in [-0.15, -0.1) is 0 Å². The summed E-state index contributed by atoms with van der Waals surface area (Å²) in [5.41, 5.74) is 2.71. The molecule has 0 N–H and O–H groups in total. The van der Waals surface area contributed by atoms with Crippen LogP contribution in [-0.4, -0.2) is 28.3 Å². The first-order chi connectivity index (χ1) is 13.2. The lowest BCUT2D eigenvalue weighted by Crippen LogP contribution is -2.46. The smallest absolute Gasteiger partial charge is 0.229 e. The van der Waals surface area contributed by atoms with E-state index in [4.69, 9.17) is 11.6 Å². The predicted molar refractivity (Wildman–Crippen MR) is 108 cm³/mol. The van der Waals surface area contributed by atoms with Crippen molar-refractivity contribution in [2.45, 2.75) is 18.9 Å². The molecule has 1 fully saturated rings. The highest BCUT2D eigenvalue weighted by Gasteiger charge is 2.38.